The summed E-state index contributed by atoms with van der Waals surface area (Å²) in [6, 6.07) is 37.2. The van der Waals surface area contributed by atoms with E-state index in [1.807, 2.05) is 76.2 Å². The lowest BCUT2D eigenvalue weighted by Crippen LogP contribution is -2.41. The van der Waals surface area contributed by atoms with Crippen molar-refractivity contribution in [1.82, 2.24) is 15.0 Å². The van der Waals surface area contributed by atoms with Gasteiger partial charge in [-0.3, -0.25) is 0 Å². The molecule has 0 unspecified atom stereocenters. The SMILES string of the molecule is CC1(C)OB(c2nc(-c3ccc(-c4ccccc4)cc3)nc(-c3cccc4c3oc3ccc5ccccc5c34)n2)OC1(C)C. The van der Waals surface area contributed by atoms with Crippen LogP contribution in [-0.4, -0.2) is 33.3 Å². The Kier molecular flexibility index (Phi) is 5.99. The molecular formula is C37H30BN3O3. The summed E-state index contributed by atoms with van der Waals surface area (Å²) in [4.78, 5) is 14.9. The minimum atomic E-state index is -0.747. The summed E-state index contributed by atoms with van der Waals surface area (Å²) in [6.45, 7) is 8.10. The molecule has 214 valence electrons. The van der Waals surface area contributed by atoms with Crippen LogP contribution in [0.25, 0.3) is 66.6 Å². The summed E-state index contributed by atoms with van der Waals surface area (Å²) in [6.07, 6.45) is 0. The summed E-state index contributed by atoms with van der Waals surface area (Å²) in [5.41, 5.74) is 4.82. The quantitative estimate of drug-likeness (QED) is 0.197. The van der Waals surface area contributed by atoms with Crippen molar-refractivity contribution in [1.29, 1.82) is 0 Å². The van der Waals surface area contributed by atoms with Gasteiger partial charge < -0.3 is 13.7 Å². The van der Waals surface area contributed by atoms with Gasteiger partial charge in [0.2, 0.25) is 0 Å². The predicted molar refractivity (Wildman–Crippen MR) is 177 cm³/mol. The van der Waals surface area contributed by atoms with Gasteiger partial charge in [0.1, 0.15) is 11.2 Å². The van der Waals surface area contributed by atoms with Crippen molar-refractivity contribution in [2.45, 2.75) is 38.9 Å². The Labute approximate surface area is 255 Å². The predicted octanol–water partition coefficient (Wildman–Crippen LogP) is 8.22. The van der Waals surface area contributed by atoms with Gasteiger partial charge in [-0.05, 0) is 61.7 Å². The fourth-order valence-electron chi connectivity index (χ4n) is 5.88. The van der Waals surface area contributed by atoms with Gasteiger partial charge in [0, 0.05) is 16.3 Å². The smallest absolute Gasteiger partial charge is 0.455 e. The summed E-state index contributed by atoms with van der Waals surface area (Å²) in [7, 11) is -0.747. The van der Waals surface area contributed by atoms with E-state index in [0.717, 1.165) is 55.0 Å². The Morgan fingerprint density at radius 2 is 1.18 bits per heavy atom. The van der Waals surface area contributed by atoms with E-state index in [4.69, 9.17) is 28.7 Å². The van der Waals surface area contributed by atoms with E-state index in [1.54, 1.807) is 0 Å². The largest absolute Gasteiger partial charge is 0.534 e. The first kappa shape index (κ1) is 26.8. The van der Waals surface area contributed by atoms with Crippen LogP contribution < -0.4 is 5.72 Å². The number of nitrogens with zero attached hydrogens (tertiary/aromatic N) is 3. The maximum atomic E-state index is 6.53. The van der Waals surface area contributed by atoms with Gasteiger partial charge in [0.25, 0.3) is 0 Å². The zero-order valence-corrected chi connectivity index (χ0v) is 25.0. The van der Waals surface area contributed by atoms with Crippen molar-refractivity contribution in [3.8, 4) is 33.9 Å². The molecule has 1 fully saturated rings. The number of hydrogen-bond donors (Lipinski definition) is 0. The lowest BCUT2D eigenvalue weighted by atomic mass is 9.88. The molecule has 3 heterocycles. The summed E-state index contributed by atoms with van der Waals surface area (Å²) in [5.74, 6) is 1.04. The van der Waals surface area contributed by atoms with Gasteiger partial charge in [0.05, 0.1) is 16.8 Å². The van der Waals surface area contributed by atoms with Crippen LogP contribution >= 0.6 is 0 Å². The number of aromatic nitrogens is 3. The molecule has 0 atom stereocenters. The molecule has 2 aromatic heterocycles. The van der Waals surface area contributed by atoms with Gasteiger partial charge >= 0.3 is 7.12 Å². The van der Waals surface area contributed by atoms with E-state index in [1.165, 1.54) is 0 Å². The standard InChI is InChI=1S/C37H30BN3O3/c1-36(2)37(3,4)44-38(43-36)35-40-33(26-19-17-24(18-20-26)23-11-6-5-7-12-23)39-34(41-35)29-16-10-15-28-31-27-14-9-8-13-25(27)21-22-30(31)42-32(28)29/h5-22H,1-4H3. The van der Waals surface area contributed by atoms with Crippen molar-refractivity contribution < 1.29 is 13.7 Å². The van der Waals surface area contributed by atoms with Gasteiger partial charge in [0.15, 0.2) is 17.4 Å². The first-order valence-electron chi connectivity index (χ1n) is 14.9. The molecular weight excluding hydrogens is 545 g/mol. The normalized spacial score (nSPS) is 15.9. The van der Waals surface area contributed by atoms with E-state index in [0.29, 0.717) is 17.4 Å². The number of hydrogen-bond acceptors (Lipinski definition) is 6. The molecule has 7 heteroatoms. The van der Waals surface area contributed by atoms with Crippen molar-refractivity contribution >= 4 is 45.6 Å². The average molecular weight is 575 g/mol. The molecule has 8 rings (SSSR count). The Morgan fingerprint density at radius 1 is 0.545 bits per heavy atom. The van der Waals surface area contributed by atoms with Gasteiger partial charge in [-0.1, -0.05) is 97.1 Å². The van der Waals surface area contributed by atoms with E-state index < -0.39 is 18.3 Å². The third-order valence-corrected chi connectivity index (χ3v) is 9.00. The van der Waals surface area contributed by atoms with Crippen LogP contribution in [0, 0.1) is 0 Å². The van der Waals surface area contributed by atoms with E-state index in [2.05, 4.69) is 60.7 Å². The highest BCUT2D eigenvalue weighted by Crippen LogP contribution is 2.39. The molecule has 0 N–H and O–H groups in total. The number of benzene rings is 5. The van der Waals surface area contributed by atoms with Gasteiger partial charge in [-0.25, -0.2) is 15.0 Å². The molecule has 44 heavy (non-hydrogen) atoms. The monoisotopic (exact) mass is 575 g/mol. The van der Waals surface area contributed by atoms with Crippen LogP contribution in [0.2, 0.25) is 0 Å². The Bertz CT molecular complexity index is 2170. The molecule has 0 aliphatic carbocycles. The van der Waals surface area contributed by atoms with Crippen LogP contribution in [0.3, 0.4) is 0 Å². The van der Waals surface area contributed by atoms with Crippen molar-refractivity contribution in [3.05, 3.63) is 109 Å². The third kappa shape index (κ3) is 4.31. The Balaban J connectivity index is 1.31. The number of rotatable bonds is 4. The molecule has 1 aliphatic rings. The van der Waals surface area contributed by atoms with Crippen LogP contribution in [0.4, 0.5) is 0 Å². The van der Waals surface area contributed by atoms with Gasteiger partial charge in [-0.15, -0.1) is 0 Å². The molecule has 1 aliphatic heterocycles. The number of para-hydroxylation sites is 1. The zero-order valence-electron chi connectivity index (χ0n) is 25.0. The maximum absolute atomic E-state index is 6.53. The lowest BCUT2D eigenvalue weighted by Gasteiger charge is -2.32. The molecule has 0 bridgehead atoms. The van der Waals surface area contributed by atoms with Crippen LogP contribution in [-0.2, 0) is 9.31 Å². The van der Waals surface area contributed by atoms with Crippen LogP contribution in [0.15, 0.2) is 114 Å². The molecule has 5 aromatic carbocycles. The highest BCUT2D eigenvalue weighted by molar-refractivity contribution is 6.60. The number of fused-ring (bicyclic) bond motifs is 5. The lowest BCUT2D eigenvalue weighted by molar-refractivity contribution is 0.00578. The van der Waals surface area contributed by atoms with E-state index in [-0.39, 0.29) is 0 Å². The summed E-state index contributed by atoms with van der Waals surface area (Å²) < 4.78 is 19.3. The summed E-state index contributed by atoms with van der Waals surface area (Å²) in [5, 5.41) is 4.41. The topological polar surface area (TPSA) is 70.3 Å². The molecule has 1 saturated heterocycles. The van der Waals surface area contributed by atoms with Crippen molar-refractivity contribution in [2.24, 2.45) is 0 Å². The second-order valence-electron chi connectivity index (χ2n) is 12.3. The average Bonchev–Trinajstić information content (AvgIpc) is 3.54. The molecule has 6 nitrogen and oxygen atoms in total. The molecule has 7 aromatic rings. The fraction of sp³-hybridized carbons (Fsp3) is 0.162. The first-order valence-corrected chi connectivity index (χ1v) is 14.9. The second-order valence-corrected chi connectivity index (χ2v) is 12.3. The Hall–Kier alpha value is -4.85. The maximum Gasteiger partial charge on any atom is 0.534 e. The minimum Gasteiger partial charge on any atom is -0.455 e. The number of furan rings is 1. The van der Waals surface area contributed by atoms with Crippen LogP contribution in [0.1, 0.15) is 27.7 Å². The van der Waals surface area contributed by atoms with Crippen LogP contribution in [0.5, 0.6) is 0 Å². The fourth-order valence-corrected chi connectivity index (χ4v) is 5.88. The minimum absolute atomic E-state index is 0.425. The molecule has 0 saturated carbocycles. The van der Waals surface area contributed by atoms with E-state index >= 15 is 0 Å². The van der Waals surface area contributed by atoms with Crippen molar-refractivity contribution in [2.75, 3.05) is 0 Å². The highest BCUT2D eigenvalue weighted by atomic mass is 16.7. The highest BCUT2D eigenvalue weighted by Gasteiger charge is 2.53. The first-order chi connectivity index (χ1) is 21.3. The molecule has 0 amide bonds. The second kappa shape index (κ2) is 9.84. The molecule has 0 radical (unpaired) electrons. The van der Waals surface area contributed by atoms with Gasteiger partial charge in [-0.2, -0.15) is 0 Å². The molecule has 0 spiro atoms. The Morgan fingerprint density at radius 3 is 1.95 bits per heavy atom. The summed E-state index contributed by atoms with van der Waals surface area (Å²) >= 11 is 0. The zero-order chi connectivity index (χ0) is 30.1. The third-order valence-electron chi connectivity index (χ3n) is 9.00. The van der Waals surface area contributed by atoms with Crippen molar-refractivity contribution in [3.63, 3.8) is 0 Å². The van der Waals surface area contributed by atoms with E-state index in [9.17, 15) is 0 Å².